The zero-order valence-corrected chi connectivity index (χ0v) is 13.2. The summed E-state index contributed by atoms with van der Waals surface area (Å²) in [5, 5.41) is 10.7. The van der Waals surface area contributed by atoms with Crippen LogP contribution in [0.1, 0.15) is 51.9 Å². The fraction of sp³-hybridized carbons (Fsp3) is 0.938. The summed E-state index contributed by atoms with van der Waals surface area (Å²) in [5.74, 6) is 2.94. The minimum atomic E-state index is -1.04. The van der Waals surface area contributed by atoms with E-state index in [4.69, 9.17) is 4.74 Å². The molecule has 3 nitrogen and oxygen atoms in total. The first kappa shape index (κ1) is 14.9. The number of hydrogen-bond donors (Lipinski definition) is 1. The van der Waals surface area contributed by atoms with Gasteiger partial charge < -0.3 is 9.84 Å². The smallest absolute Gasteiger partial charge is 0.167 e. The maximum atomic E-state index is 12.8. The molecule has 2 aliphatic heterocycles. The number of carbonyl (C=O) groups excluding carboxylic acids is 1. The van der Waals surface area contributed by atoms with Crippen molar-refractivity contribution in [3.05, 3.63) is 0 Å². The van der Waals surface area contributed by atoms with E-state index in [0.717, 1.165) is 43.6 Å². The van der Waals surface area contributed by atoms with Gasteiger partial charge in [-0.3, -0.25) is 4.79 Å². The largest absolute Gasteiger partial charge is 0.382 e. The van der Waals surface area contributed by atoms with Crippen LogP contribution < -0.4 is 0 Å². The highest BCUT2D eigenvalue weighted by molar-refractivity contribution is 7.99. The fourth-order valence-electron chi connectivity index (χ4n) is 3.98. The van der Waals surface area contributed by atoms with Gasteiger partial charge in [-0.05, 0) is 56.6 Å². The Bertz CT molecular complexity index is 368. The molecule has 2 saturated heterocycles. The van der Waals surface area contributed by atoms with Gasteiger partial charge in [0.1, 0.15) is 5.60 Å². The van der Waals surface area contributed by atoms with Crippen LogP contribution in [0.5, 0.6) is 0 Å². The highest BCUT2D eigenvalue weighted by Gasteiger charge is 2.48. The van der Waals surface area contributed by atoms with Gasteiger partial charge in [0.2, 0.25) is 0 Å². The molecule has 0 radical (unpaired) electrons. The normalized spacial score (nSPS) is 45.7. The van der Waals surface area contributed by atoms with Crippen molar-refractivity contribution in [2.24, 2.45) is 11.8 Å². The Labute approximate surface area is 125 Å². The van der Waals surface area contributed by atoms with E-state index in [0.29, 0.717) is 25.4 Å². The summed E-state index contributed by atoms with van der Waals surface area (Å²) in [6.07, 6.45) is 5.97. The molecule has 1 aliphatic carbocycles. The summed E-state index contributed by atoms with van der Waals surface area (Å²) in [6, 6.07) is 0. The highest BCUT2D eigenvalue weighted by atomic mass is 32.2. The summed E-state index contributed by atoms with van der Waals surface area (Å²) in [7, 11) is 0. The number of rotatable bonds is 2. The molecule has 1 saturated carbocycles. The van der Waals surface area contributed by atoms with Gasteiger partial charge in [-0.25, -0.2) is 0 Å². The third kappa shape index (κ3) is 2.79. The van der Waals surface area contributed by atoms with Crippen molar-refractivity contribution in [1.29, 1.82) is 0 Å². The van der Waals surface area contributed by atoms with Crippen LogP contribution in [0, 0.1) is 11.8 Å². The lowest BCUT2D eigenvalue weighted by atomic mass is 9.71. The van der Waals surface area contributed by atoms with E-state index < -0.39 is 5.60 Å². The Morgan fingerprint density at radius 1 is 1.25 bits per heavy atom. The number of ether oxygens (including phenoxy) is 1. The number of hydrogen-bond acceptors (Lipinski definition) is 4. The lowest BCUT2D eigenvalue weighted by molar-refractivity contribution is -0.155. The number of thioether (sulfide) groups is 1. The van der Waals surface area contributed by atoms with Gasteiger partial charge in [-0.2, -0.15) is 11.8 Å². The second-order valence-corrected chi connectivity index (χ2v) is 8.21. The zero-order valence-electron chi connectivity index (χ0n) is 12.4. The van der Waals surface area contributed by atoms with Crippen LogP contribution in [0.25, 0.3) is 0 Å². The predicted molar refractivity (Wildman–Crippen MR) is 80.9 cm³/mol. The Morgan fingerprint density at radius 3 is 2.65 bits per heavy atom. The first-order valence-electron chi connectivity index (χ1n) is 8.01. The third-order valence-electron chi connectivity index (χ3n) is 5.49. The molecule has 4 heteroatoms. The Balaban J connectivity index is 1.67. The molecule has 1 spiro atoms. The minimum Gasteiger partial charge on any atom is -0.382 e. The van der Waals surface area contributed by atoms with Crippen LogP contribution in [0.4, 0.5) is 0 Å². The second kappa shape index (κ2) is 5.62. The first-order valence-corrected chi connectivity index (χ1v) is 9.17. The second-order valence-electron chi connectivity index (χ2n) is 7.10. The summed E-state index contributed by atoms with van der Waals surface area (Å²) >= 11 is 1.93. The lowest BCUT2D eigenvalue weighted by Crippen LogP contribution is -2.50. The molecule has 0 aromatic carbocycles. The molecular weight excluding hydrogens is 272 g/mol. The topological polar surface area (TPSA) is 46.5 Å². The van der Waals surface area contributed by atoms with Crippen molar-refractivity contribution in [3.8, 4) is 0 Å². The van der Waals surface area contributed by atoms with Crippen LogP contribution in [0.3, 0.4) is 0 Å². The van der Waals surface area contributed by atoms with Crippen LogP contribution >= 0.6 is 11.8 Å². The molecule has 3 rings (SSSR count). The van der Waals surface area contributed by atoms with E-state index in [9.17, 15) is 9.90 Å². The number of carbonyl (C=O) groups is 1. The Hall–Kier alpha value is -0.0600. The van der Waals surface area contributed by atoms with Gasteiger partial charge in [0.05, 0.1) is 5.60 Å². The minimum absolute atomic E-state index is 0.0147. The molecule has 2 atom stereocenters. The number of aliphatic hydroxyl groups is 1. The summed E-state index contributed by atoms with van der Waals surface area (Å²) in [4.78, 5) is 12.8. The molecule has 20 heavy (non-hydrogen) atoms. The fourth-order valence-corrected chi connectivity index (χ4v) is 5.36. The molecular formula is C16H26O3S. The van der Waals surface area contributed by atoms with Crippen LogP contribution in [-0.2, 0) is 9.53 Å². The van der Waals surface area contributed by atoms with Gasteiger partial charge in [0.15, 0.2) is 5.78 Å². The van der Waals surface area contributed by atoms with Crippen LogP contribution in [-0.4, -0.2) is 40.2 Å². The van der Waals surface area contributed by atoms with Gasteiger partial charge in [0, 0.05) is 18.3 Å². The predicted octanol–water partition coefficient (Wildman–Crippen LogP) is 2.80. The molecule has 114 valence electrons. The van der Waals surface area contributed by atoms with Crippen molar-refractivity contribution in [2.45, 2.75) is 63.1 Å². The molecule has 0 aromatic heterocycles. The zero-order chi connectivity index (χ0) is 14.2. The van der Waals surface area contributed by atoms with Crippen molar-refractivity contribution >= 4 is 17.5 Å². The van der Waals surface area contributed by atoms with Crippen molar-refractivity contribution < 1.29 is 14.6 Å². The molecule has 0 bridgehead atoms. The third-order valence-corrected chi connectivity index (χ3v) is 6.71. The molecule has 3 aliphatic rings. The molecule has 0 amide bonds. The molecule has 3 fully saturated rings. The number of ketones is 1. The maximum Gasteiger partial charge on any atom is 0.167 e. The quantitative estimate of drug-likeness (QED) is 0.851. The molecule has 2 unspecified atom stereocenters. The SMILES string of the molecule is CC1CCC(O)(C(=O)C2CCOC3(CCSC3)C2)CC1. The summed E-state index contributed by atoms with van der Waals surface area (Å²) in [5.41, 5.74) is -1.11. The van der Waals surface area contributed by atoms with Crippen molar-refractivity contribution in [2.75, 3.05) is 18.1 Å². The van der Waals surface area contributed by atoms with E-state index in [1.54, 1.807) is 0 Å². The van der Waals surface area contributed by atoms with Crippen LogP contribution in [0.2, 0.25) is 0 Å². The van der Waals surface area contributed by atoms with E-state index in [2.05, 4.69) is 6.92 Å². The van der Waals surface area contributed by atoms with Crippen LogP contribution in [0.15, 0.2) is 0 Å². The van der Waals surface area contributed by atoms with E-state index in [1.807, 2.05) is 11.8 Å². The van der Waals surface area contributed by atoms with Gasteiger partial charge in [-0.15, -0.1) is 0 Å². The molecule has 0 aromatic rings. The van der Waals surface area contributed by atoms with Crippen molar-refractivity contribution in [1.82, 2.24) is 0 Å². The molecule has 2 heterocycles. The van der Waals surface area contributed by atoms with E-state index >= 15 is 0 Å². The van der Waals surface area contributed by atoms with Crippen molar-refractivity contribution in [3.63, 3.8) is 0 Å². The standard InChI is InChI=1S/C16H26O3S/c1-12-2-5-16(18,6-3-12)14(17)13-4-8-19-15(10-13)7-9-20-11-15/h12-13,18H,2-11H2,1H3. The summed E-state index contributed by atoms with van der Waals surface area (Å²) < 4.78 is 5.99. The maximum absolute atomic E-state index is 12.8. The summed E-state index contributed by atoms with van der Waals surface area (Å²) in [6.45, 7) is 2.90. The van der Waals surface area contributed by atoms with Gasteiger partial charge in [0.25, 0.3) is 0 Å². The van der Waals surface area contributed by atoms with E-state index in [-0.39, 0.29) is 17.3 Å². The Kier molecular flexibility index (Phi) is 4.17. The first-order chi connectivity index (χ1) is 9.53. The monoisotopic (exact) mass is 298 g/mol. The lowest BCUT2D eigenvalue weighted by Gasteiger charge is -2.41. The average molecular weight is 298 g/mol. The van der Waals surface area contributed by atoms with Gasteiger partial charge in [-0.1, -0.05) is 6.92 Å². The van der Waals surface area contributed by atoms with Gasteiger partial charge >= 0.3 is 0 Å². The average Bonchev–Trinajstić information content (AvgIpc) is 2.89. The Morgan fingerprint density at radius 2 is 2.00 bits per heavy atom. The van der Waals surface area contributed by atoms with E-state index in [1.165, 1.54) is 0 Å². The number of Topliss-reactive ketones (excluding diaryl/α,β-unsaturated/α-hetero) is 1. The highest BCUT2D eigenvalue weighted by Crippen LogP contribution is 2.43. The molecule has 1 N–H and O–H groups in total.